The fourth-order valence-electron chi connectivity index (χ4n) is 3.50. The van der Waals surface area contributed by atoms with Crippen molar-refractivity contribution in [1.82, 2.24) is 14.8 Å². The first-order valence-electron chi connectivity index (χ1n) is 7.41. The molecule has 1 aromatic rings. The Labute approximate surface area is 119 Å². The highest BCUT2D eigenvalue weighted by atomic mass is 16.3. The zero-order chi connectivity index (χ0) is 14.1. The maximum Gasteiger partial charge on any atom is 0.255 e. The topological polar surface area (TPSA) is 57.5 Å². The molecule has 3 rings (SSSR count). The molecule has 110 valence electrons. The highest BCUT2D eigenvalue weighted by Crippen LogP contribution is 2.31. The Kier molecular flexibility index (Phi) is 3.92. The fourth-order valence-corrected chi connectivity index (χ4v) is 3.50. The van der Waals surface area contributed by atoms with Crippen LogP contribution in [-0.2, 0) is 13.1 Å². The van der Waals surface area contributed by atoms with Crippen molar-refractivity contribution in [3.8, 4) is 0 Å². The SMILES string of the molecule is CN(CCO)Cc1ccc2n(c1=O)C[C@@H]1CNC[C@H]2C1. The molecule has 1 fully saturated rings. The normalized spacial score (nSPS) is 24.8. The van der Waals surface area contributed by atoms with Gasteiger partial charge in [0.05, 0.1) is 6.61 Å². The van der Waals surface area contributed by atoms with E-state index in [0.29, 0.717) is 24.9 Å². The zero-order valence-electron chi connectivity index (χ0n) is 12.0. The minimum Gasteiger partial charge on any atom is -0.395 e. The van der Waals surface area contributed by atoms with E-state index in [0.717, 1.165) is 25.2 Å². The highest BCUT2D eigenvalue weighted by molar-refractivity contribution is 5.22. The molecule has 0 aromatic carbocycles. The molecule has 5 heteroatoms. The minimum atomic E-state index is 0.124. The number of piperidine rings is 1. The molecule has 2 atom stereocenters. The molecule has 0 radical (unpaired) electrons. The van der Waals surface area contributed by atoms with Crippen molar-refractivity contribution in [2.75, 3.05) is 33.3 Å². The molecule has 1 saturated heterocycles. The van der Waals surface area contributed by atoms with Crippen LogP contribution < -0.4 is 10.9 Å². The molecule has 0 amide bonds. The van der Waals surface area contributed by atoms with Gasteiger partial charge in [-0.1, -0.05) is 6.07 Å². The van der Waals surface area contributed by atoms with E-state index in [1.54, 1.807) is 0 Å². The van der Waals surface area contributed by atoms with E-state index in [2.05, 4.69) is 11.4 Å². The number of hydrogen-bond acceptors (Lipinski definition) is 4. The number of aromatic nitrogens is 1. The van der Waals surface area contributed by atoms with Crippen LogP contribution in [0.5, 0.6) is 0 Å². The molecule has 1 aromatic heterocycles. The summed E-state index contributed by atoms with van der Waals surface area (Å²) >= 11 is 0. The Bertz CT molecular complexity index is 540. The van der Waals surface area contributed by atoms with Gasteiger partial charge in [-0.15, -0.1) is 0 Å². The second-order valence-electron chi connectivity index (χ2n) is 6.12. The van der Waals surface area contributed by atoms with Crippen LogP contribution in [0.4, 0.5) is 0 Å². The van der Waals surface area contributed by atoms with Crippen LogP contribution in [0.2, 0.25) is 0 Å². The third-order valence-corrected chi connectivity index (χ3v) is 4.51. The van der Waals surface area contributed by atoms with E-state index in [1.807, 2.05) is 22.6 Å². The Morgan fingerprint density at radius 3 is 3.10 bits per heavy atom. The Morgan fingerprint density at radius 2 is 2.30 bits per heavy atom. The van der Waals surface area contributed by atoms with Crippen LogP contribution in [-0.4, -0.2) is 47.9 Å². The number of nitrogens with one attached hydrogen (secondary N) is 1. The van der Waals surface area contributed by atoms with Crippen LogP contribution in [0.1, 0.15) is 23.6 Å². The van der Waals surface area contributed by atoms with Gasteiger partial charge in [0.15, 0.2) is 0 Å². The van der Waals surface area contributed by atoms with E-state index in [1.165, 1.54) is 12.1 Å². The van der Waals surface area contributed by atoms with Crippen molar-refractivity contribution in [1.29, 1.82) is 0 Å². The summed E-state index contributed by atoms with van der Waals surface area (Å²) in [5, 5.41) is 12.4. The van der Waals surface area contributed by atoms with Gasteiger partial charge in [-0.25, -0.2) is 0 Å². The van der Waals surface area contributed by atoms with Crippen molar-refractivity contribution in [2.24, 2.45) is 5.92 Å². The molecule has 0 spiro atoms. The van der Waals surface area contributed by atoms with Gasteiger partial charge in [0.25, 0.3) is 5.56 Å². The van der Waals surface area contributed by atoms with Crippen molar-refractivity contribution in [2.45, 2.75) is 25.4 Å². The monoisotopic (exact) mass is 277 g/mol. The summed E-state index contributed by atoms with van der Waals surface area (Å²) in [7, 11) is 1.93. The number of nitrogens with zero attached hydrogens (tertiary/aromatic N) is 2. The fraction of sp³-hybridized carbons (Fsp3) is 0.667. The summed E-state index contributed by atoms with van der Waals surface area (Å²) in [5.74, 6) is 1.07. The molecule has 0 aliphatic carbocycles. The van der Waals surface area contributed by atoms with E-state index in [9.17, 15) is 4.79 Å². The maximum absolute atomic E-state index is 12.6. The predicted molar refractivity (Wildman–Crippen MR) is 77.8 cm³/mol. The molecule has 2 bridgehead atoms. The van der Waals surface area contributed by atoms with Gasteiger partial charge in [-0.2, -0.15) is 0 Å². The number of rotatable bonds is 4. The number of aliphatic hydroxyl groups is 1. The molecule has 3 heterocycles. The molecule has 2 aliphatic rings. The van der Waals surface area contributed by atoms with Crippen molar-refractivity contribution in [3.63, 3.8) is 0 Å². The third-order valence-electron chi connectivity index (χ3n) is 4.51. The van der Waals surface area contributed by atoms with Gasteiger partial charge in [0, 0.05) is 43.4 Å². The van der Waals surface area contributed by atoms with Gasteiger partial charge < -0.3 is 15.0 Å². The van der Waals surface area contributed by atoms with E-state index in [4.69, 9.17) is 5.11 Å². The lowest BCUT2D eigenvalue weighted by molar-refractivity contribution is 0.215. The first kappa shape index (κ1) is 13.8. The number of hydrogen-bond donors (Lipinski definition) is 2. The second kappa shape index (κ2) is 5.68. The van der Waals surface area contributed by atoms with E-state index in [-0.39, 0.29) is 12.2 Å². The summed E-state index contributed by atoms with van der Waals surface area (Å²) in [4.78, 5) is 14.6. The average molecular weight is 277 g/mol. The molecular weight excluding hydrogens is 254 g/mol. The first-order chi connectivity index (χ1) is 9.69. The highest BCUT2D eigenvalue weighted by Gasteiger charge is 2.31. The van der Waals surface area contributed by atoms with Crippen LogP contribution in [0.25, 0.3) is 0 Å². The lowest BCUT2D eigenvalue weighted by Gasteiger charge is -2.37. The number of likely N-dealkylation sites (N-methyl/N-ethyl adjacent to an activating group) is 1. The van der Waals surface area contributed by atoms with Crippen LogP contribution in [0.3, 0.4) is 0 Å². The van der Waals surface area contributed by atoms with Gasteiger partial charge in [-0.05, 0) is 32.0 Å². The van der Waals surface area contributed by atoms with Crippen LogP contribution in [0.15, 0.2) is 16.9 Å². The number of pyridine rings is 1. The summed E-state index contributed by atoms with van der Waals surface area (Å²) < 4.78 is 1.99. The van der Waals surface area contributed by atoms with Gasteiger partial charge in [0.2, 0.25) is 0 Å². The molecule has 0 unspecified atom stereocenters. The lowest BCUT2D eigenvalue weighted by Crippen LogP contribution is -2.45. The molecule has 2 N–H and O–H groups in total. The van der Waals surface area contributed by atoms with Gasteiger partial charge >= 0.3 is 0 Å². The second-order valence-corrected chi connectivity index (χ2v) is 6.12. The Balaban J connectivity index is 1.89. The third kappa shape index (κ3) is 2.53. The predicted octanol–water partition coefficient (Wildman–Crippen LogP) is -0.0209. The Hall–Kier alpha value is -1.17. The zero-order valence-corrected chi connectivity index (χ0v) is 12.0. The summed E-state index contributed by atoms with van der Waals surface area (Å²) in [6.07, 6.45) is 1.20. The van der Waals surface area contributed by atoms with E-state index < -0.39 is 0 Å². The first-order valence-corrected chi connectivity index (χ1v) is 7.41. The standard InChI is InChI=1S/C15H23N3O2/c1-17(4-5-19)10-12-2-3-14-13-6-11(7-16-8-13)9-18(14)15(12)20/h2-3,11,13,16,19H,4-10H2,1H3/t11-,13+/m0/s1. The van der Waals surface area contributed by atoms with Crippen LogP contribution >= 0.6 is 0 Å². The minimum absolute atomic E-state index is 0.124. The van der Waals surface area contributed by atoms with E-state index >= 15 is 0 Å². The summed E-state index contributed by atoms with van der Waals surface area (Å²) in [6, 6.07) is 4.09. The molecule has 0 saturated carbocycles. The molecule has 2 aliphatic heterocycles. The van der Waals surface area contributed by atoms with Crippen molar-refractivity contribution < 1.29 is 5.11 Å². The van der Waals surface area contributed by atoms with Gasteiger partial charge in [-0.3, -0.25) is 9.69 Å². The summed E-state index contributed by atoms with van der Waals surface area (Å²) in [6.45, 7) is 4.17. The Morgan fingerprint density at radius 1 is 1.45 bits per heavy atom. The lowest BCUT2D eigenvalue weighted by atomic mass is 9.84. The largest absolute Gasteiger partial charge is 0.395 e. The molecule has 5 nitrogen and oxygen atoms in total. The molecular formula is C15H23N3O2. The maximum atomic E-state index is 12.6. The molecule has 20 heavy (non-hydrogen) atoms. The quantitative estimate of drug-likeness (QED) is 0.812. The average Bonchev–Trinajstić information content (AvgIpc) is 2.43. The smallest absolute Gasteiger partial charge is 0.255 e. The van der Waals surface area contributed by atoms with Crippen molar-refractivity contribution >= 4 is 0 Å². The van der Waals surface area contributed by atoms with Gasteiger partial charge in [0.1, 0.15) is 0 Å². The number of aliphatic hydroxyl groups excluding tert-OH is 1. The number of fused-ring (bicyclic) bond motifs is 4. The van der Waals surface area contributed by atoms with Crippen LogP contribution in [0, 0.1) is 5.92 Å². The van der Waals surface area contributed by atoms with Crippen molar-refractivity contribution in [3.05, 3.63) is 33.7 Å². The summed E-state index contributed by atoms with van der Waals surface area (Å²) in [5.41, 5.74) is 2.17.